The van der Waals surface area contributed by atoms with Crippen molar-refractivity contribution < 1.29 is 9.53 Å². The number of nitrogens with one attached hydrogen (secondary N) is 1. The molecule has 1 aliphatic carbocycles. The third-order valence-corrected chi connectivity index (χ3v) is 3.44. The van der Waals surface area contributed by atoms with E-state index in [1.807, 2.05) is 0 Å². The van der Waals surface area contributed by atoms with Crippen LogP contribution in [0.25, 0.3) is 0 Å². The highest BCUT2D eigenvalue weighted by Crippen LogP contribution is 2.22. The summed E-state index contributed by atoms with van der Waals surface area (Å²) in [6.45, 7) is 0. The summed E-state index contributed by atoms with van der Waals surface area (Å²) in [6.07, 6.45) is 11.8. The number of amides is 1. The molecule has 5 nitrogen and oxygen atoms in total. The highest BCUT2D eigenvalue weighted by Gasteiger charge is 2.14. The molecule has 0 radical (unpaired) electrons. The van der Waals surface area contributed by atoms with Gasteiger partial charge in [-0.3, -0.25) is 9.78 Å². The minimum Gasteiger partial charge on any atom is -0.437 e. The van der Waals surface area contributed by atoms with Gasteiger partial charge < -0.3 is 10.1 Å². The van der Waals surface area contributed by atoms with Gasteiger partial charge in [0.2, 0.25) is 11.8 Å². The van der Waals surface area contributed by atoms with Crippen molar-refractivity contribution in [2.45, 2.75) is 19.3 Å². The van der Waals surface area contributed by atoms with E-state index in [4.69, 9.17) is 4.74 Å². The van der Waals surface area contributed by atoms with Crippen molar-refractivity contribution in [2.24, 2.45) is 5.92 Å². The molecule has 5 heteroatoms. The molecule has 3 rings (SSSR count). The molecule has 0 spiro atoms. The van der Waals surface area contributed by atoms with Crippen molar-refractivity contribution in [1.82, 2.24) is 9.97 Å². The summed E-state index contributed by atoms with van der Waals surface area (Å²) in [5.74, 6) is 1.46. The Bertz CT molecular complexity index is 653. The smallest absolute Gasteiger partial charge is 0.225 e. The fourth-order valence-electron chi connectivity index (χ4n) is 2.36. The Hall–Kier alpha value is -2.69. The number of hydrogen-bond donors (Lipinski definition) is 1. The van der Waals surface area contributed by atoms with Gasteiger partial charge in [0, 0.05) is 18.7 Å². The van der Waals surface area contributed by atoms with Gasteiger partial charge in [-0.05, 0) is 37.0 Å². The first-order valence-electron chi connectivity index (χ1n) is 7.30. The molecule has 22 heavy (non-hydrogen) atoms. The van der Waals surface area contributed by atoms with Crippen molar-refractivity contribution in [2.75, 3.05) is 5.32 Å². The number of hydrogen-bond acceptors (Lipinski definition) is 4. The van der Waals surface area contributed by atoms with Crippen LogP contribution in [0.5, 0.6) is 11.6 Å². The van der Waals surface area contributed by atoms with Crippen molar-refractivity contribution in [3.05, 3.63) is 55.0 Å². The predicted molar refractivity (Wildman–Crippen MR) is 83.7 cm³/mol. The molecule has 1 N–H and O–H groups in total. The molecule has 0 aliphatic heterocycles. The summed E-state index contributed by atoms with van der Waals surface area (Å²) in [4.78, 5) is 20.1. The second-order valence-electron chi connectivity index (χ2n) is 5.19. The second-order valence-corrected chi connectivity index (χ2v) is 5.19. The van der Waals surface area contributed by atoms with Crippen LogP contribution in [0.3, 0.4) is 0 Å². The number of allylic oxidation sites excluding steroid dienone is 2. The van der Waals surface area contributed by atoms with Crippen molar-refractivity contribution in [3.8, 4) is 11.6 Å². The van der Waals surface area contributed by atoms with E-state index in [1.54, 1.807) is 42.9 Å². The summed E-state index contributed by atoms with van der Waals surface area (Å²) in [5, 5.41) is 2.86. The predicted octanol–water partition coefficient (Wildman–Crippen LogP) is 3.56. The molecule has 1 amide bonds. The van der Waals surface area contributed by atoms with Gasteiger partial charge in [0.25, 0.3) is 0 Å². The van der Waals surface area contributed by atoms with Crippen LogP contribution in [-0.2, 0) is 4.79 Å². The number of nitrogens with zero attached hydrogens (tertiary/aromatic N) is 2. The molecule has 112 valence electrons. The molecule has 0 bridgehead atoms. The lowest BCUT2D eigenvalue weighted by Crippen LogP contribution is -2.14. The fourth-order valence-corrected chi connectivity index (χ4v) is 2.36. The Balaban J connectivity index is 1.54. The molecule has 1 aliphatic rings. The number of carbonyl (C=O) groups is 1. The average molecular weight is 295 g/mol. The van der Waals surface area contributed by atoms with Crippen LogP contribution >= 0.6 is 0 Å². The third kappa shape index (κ3) is 3.91. The fraction of sp³-hybridized carbons (Fsp3) is 0.235. The summed E-state index contributed by atoms with van der Waals surface area (Å²) < 4.78 is 5.55. The Labute approximate surface area is 129 Å². The van der Waals surface area contributed by atoms with Crippen molar-refractivity contribution in [1.29, 1.82) is 0 Å². The van der Waals surface area contributed by atoms with Gasteiger partial charge in [0.05, 0.1) is 18.1 Å². The monoisotopic (exact) mass is 295 g/mol. The average Bonchev–Trinajstić information content (AvgIpc) is 3.03. The zero-order valence-electron chi connectivity index (χ0n) is 12.1. The topological polar surface area (TPSA) is 64.1 Å². The van der Waals surface area contributed by atoms with Crippen LogP contribution in [0.15, 0.2) is 55.0 Å². The van der Waals surface area contributed by atoms with Gasteiger partial charge in [0.1, 0.15) is 5.75 Å². The van der Waals surface area contributed by atoms with E-state index in [-0.39, 0.29) is 5.91 Å². The van der Waals surface area contributed by atoms with Crippen molar-refractivity contribution >= 4 is 11.6 Å². The lowest BCUT2D eigenvalue weighted by molar-refractivity contribution is -0.116. The quantitative estimate of drug-likeness (QED) is 0.857. The summed E-state index contributed by atoms with van der Waals surface area (Å²) >= 11 is 0. The summed E-state index contributed by atoms with van der Waals surface area (Å²) in [6, 6.07) is 7.10. The van der Waals surface area contributed by atoms with Crippen LogP contribution in [-0.4, -0.2) is 15.9 Å². The van der Waals surface area contributed by atoms with E-state index >= 15 is 0 Å². The van der Waals surface area contributed by atoms with E-state index in [9.17, 15) is 4.79 Å². The molecule has 1 atom stereocenters. The minimum atomic E-state index is 0.0132. The van der Waals surface area contributed by atoms with E-state index < -0.39 is 0 Å². The number of carbonyl (C=O) groups excluding carboxylic acids is 1. The van der Waals surface area contributed by atoms with Crippen LogP contribution in [0.1, 0.15) is 19.3 Å². The first kappa shape index (κ1) is 14.3. The Morgan fingerprint density at radius 1 is 1.32 bits per heavy atom. The first-order chi connectivity index (χ1) is 10.8. The largest absolute Gasteiger partial charge is 0.437 e. The molecule has 0 fully saturated rings. The summed E-state index contributed by atoms with van der Waals surface area (Å²) in [7, 11) is 0. The lowest BCUT2D eigenvalue weighted by Gasteiger charge is -2.09. The van der Waals surface area contributed by atoms with E-state index in [2.05, 4.69) is 27.4 Å². The molecular weight excluding hydrogens is 278 g/mol. The molecule has 2 aromatic rings. The zero-order chi connectivity index (χ0) is 15.2. The van der Waals surface area contributed by atoms with Gasteiger partial charge in [0.15, 0.2) is 0 Å². The van der Waals surface area contributed by atoms with E-state index in [0.29, 0.717) is 29.7 Å². The molecule has 0 unspecified atom stereocenters. The van der Waals surface area contributed by atoms with Crippen LogP contribution in [0.2, 0.25) is 0 Å². The number of anilines is 1. The molecule has 2 aromatic heterocycles. The van der Waals surface area contributed by atoms with Crippen LogP contribution < -0.4 is 10.1 Å². The molecule has 0 saturated heterocycles. The maximum Gasteiger partial charge on any atom is 0.225 e. The first-order valence-corrected chi connectivity index (χ1v) is 7.30. The molecule has 0 saturated carbocycles. The van der Waals surface area contributed by atoms with Gasteiger partial charge in [-0.25, -0.2) is 4.98 Å². The normalized spacial score (nSPS) is 16.5. The minimum absolute atomic E-state index is 0.0132. The number of rotatable bonds is 5. The summed E-state index contributed by atoms with van der Waals surface area (Å²) in [5.41, 5.74) is 0.672. The Kier molecular flexibility index (Phi) is 4.44. The molecular formula is C17H17N3O2. The van der Waals surface area contributed by atoms with Gasteiger partial charge in [-0.2, -0.15) is 0 Å². The van der Waals surface area contributed by atoms with Gasteiger partial charge in [-0.1, -0.05) is 12.2 Å². The zero-order valence-corrected chi connectivity index (χ0v) is 12.1. The molecule has 0 aromatic carbocycles. The number of aromatic nitrogens is 2. The number of ether oxygens (including phenoxy) is 1. The highest BCUT2D eigenvalue weighted by atomic mass is 16.5. The molecule has 2 heterocycles. The highest BCUT2D eigenvalue weighted by molar-refractivity contribution is 5.90. The maximum absolute atomic E-state index is 11.9. The Morgan fingerprint density at radius 2 is 2.27 bits per heavy atom. The standard InChI is InChI=1S/C17H17N3O2/c21-16(10-13-4-1-2-5-13)20-14-7-8-17(19-11-14)22-15-6-3-9-18-12-15/h1,3-4,6-9,11-13H,2,5,10H2,(H,20,21)/t13-/m0/s1. The van der Waals surface area contributed by atoms with Crippen LogP contribution in [0, 0.1) is 5.92 Å². The van der Waals surface area contributed by atoms with E-state index in [1.165, 1.54) is 0 Å². The third-order valence-electron chi connectivity index (χ3n) is 3.44. The maximum atomic E-state index is 11.9. The SMILES string of the molecule is O=C(C[C@H]1C=CCC1)Nc1ccc(Oc2cccnc2)nc1. The lowest BCUT2D eigenvalue weighted by atomic mass is 10.1. The van der Waals surface area contributed by atoms with Gasteiger partial charge in [-0.15, -0.1) is 0 Å². The Morgan fingerprint density at radius 3 is 2.95 bits per heavy atom. The van der Waals surface area contributed by atoms with Crippen LogP contribution in [0.4, 0.5) is 5.69 Å². The van der Waals surface area contributed by atoms with E-state index in [0.717, 1.165) is 12.8 Å². The number of pyridine rings is 2. The van der Waals surface area contributed by atoms with Gasteiger partial charge >= 0.3 is 0 Å². The second kappa shape index (κ2) is 6.85. The van der Waals surface area contributed by atoms with Crippen molar-refractivity contribution in [3.63, 3.8) is 0 Å².